The largest absolute Gasteiger partial charge is 0.366 e. The van der Waals surface area contributed by atoms with E-state index in [1.54, 1.807) is 0 Å². The zero-order valence-electron chi connectivity index (χ0n) is 11.4. The van der Waals surface area contributed by atoms with Gasteiger partial charge in [-0.25, -0.2) is 0 Å². The first kappa shape index (κ1) is 13.2. The molecule has 21 heavy (non-hydrogen) atoms. The van der Waals surface area contributed by atoms with Crippen LogP contribution < -0.4 is 10.7 Å². The van der Waals surface area contributed by atoms with Crippen LogP contribution in [0.4, 0.5) is 5.69 Å². The van der Waals surface area contributed by atoms with E-state index in [1.165, 1.54) is 18.5 Å². The lowest BCUT2D eigenvalue weighted by Gasteiger charge is -2.06. The van der Waals surface area contributed by atoms with Gasteiger partial charge in [0.15, 0.2) is 0 Å². The highest BCUT2D eigenvalue weighted by Crippen LogP contribution is 2.15. The molecule has 0 fully saturated rings. The summed E-state index contributed by atoms with van der Waals surface area (Å²) >= 11 is 0. The first-order valence-electron chi connectivity index (χ1n) is 6.75. The fourth-order valence-electron chi connectivity index (χ4n) is 2.28. The van der Waals surface area contributed by atoms with E-state index in [0.29, 0.717) is 13.0 Å². The van der Waals surface area contributed by atoms with E-state index in [4.69, 9.17) is 0 Å². The second-order valence-electron chi connectivity index (χ2n) is 4.79. The molecule has 0 aliphatic rings. The van der Waals surface area contributed by atoms with Gasteiger partial charge in [0.1, 0.15) is 5.69 Å². The van der Waals surface area contributed by atoms with Crippen molar-refractivity contribution in [3.63, 3.8) is 0 Å². The maximum Gasteiger partial charge on any atom is 0.226 e. The highest BCUT2D eigenvalue weighted by atomic mass is 16.2. The molecule has 2 heterocycles. The zero-order chi connectivity index (χ0) is 14.7. The van der Waals surface area contributed by atoms with Crippen LogP contribution in [0.1, 0.15) is 6.42 Å². The number of carbonyl (C=O) groups is 1. The van der Waals surface area contributed by atoms with Gasteiger partial charge < -0.3 is 14.9 Å². The van der Waals surface area contributed by atoms with Crippen molar-refractivity contribution in [1.29, 1.82) is 0 Å². The Morgan fingerprint density at radius 3 is 2.90 bits per heavy atom. The highest BCUT2D eigenvalue weighted by Gasteiger charge is 2.06. The number of para-hydroxylation sites is 1. The Balaban J connectivity index is 1.66. The van der Waals surface area contributed by atoms with Crippen LogP contribution in [0.25, 0.3) is 10.9 Å². The van der Waals surface area contributed by atoms with Gasteiger partial charge in [-0.15, -0.1) is 0 Å². The summed E-state index contributed by atoms with van der Waals surface area (Å²) in [5.74, 6) is -0.176. The number of amides is 1. The lowest BCUT2D eigenvalue weighted by Crippen LogP contribution is -2.19. The fraction of sp³-hybridized carbons (Fsp3) is 0.125. The Bertz CT molecular complexity index is 832. The van der Waals surface area contributed by atoms with E-state index in [1.807, 2.05) is 41.1 Å². The minimum Gasteiger partial charge on any atom is -0.366 e. The van der Waals surface area contributed by atoms with E-state index in [-0.39, 0.29) is 17.0 Å². The van der Waals surface area contributed by atoms with E-state index >= 15 is 0 Å². The number of H-pyrrole nitrogens is 1. The van der Waals surface area contributed by atoms with Crippen molar-refractivity contribution in [3.8, 4) is 0 Å². The molecule has 2 N–H and O–H groups in total. The van der Waals surface area contributed by atoms with Crippen LogP contribution >= 0.6 is 0 Å². The number of fused-ring (bicyclic) bond motifs is 1. The SMILES string of the molecule is O=C(CCn1ccc2ccccc21)Nc1c[nH]ccc1=O. The first-order valence-corrected chi connectivity index (χ1v) is 6.75. The molecule has 106 valence electrons. The number of nitrogens with zero attached hydrogens (tertiary/aromatic N) is 1. The van der Waals surface area contributed by atoms with E-state index < -0.39 is 0 Å². The molecule has 2 aromatic heterocycles. The van der Waals surface area contributed by atoms with Crippen LogP contribution in [0.3, 0.4) is 0 Å². The Hall–Kier alpha value is -2.82. The van der Waals surface area contributed by atoms with Crippen molar-refractivity contribution in [1.82, 2.24) is 9.55 Å². The number of hydrogen-bond donors (Lipinski definition) is 2. The van der Waals surface area contributed by atoms with Gasteiger partial charge >= 0.3 is 0 Å². The number of pyridine rings is 1. The van der Waals surface area contributed by atoms with E-state index in [2.05, 4.69) is 10.3 Å². The van der Waals surface area contributed by atoms with Crippen LogP contribution in [0.2, 0.25) is 0 Å². The monoisotopic (exact) mass is 281 g/mol. The minimum absolute atomic E-state index is 0.176. The molecule has 0 saturated carbocycles. The quantitative estimate of drug-likeness (QED) is 0.771. The molecule has 5 heteroatoms. The van der Waals surface area contributed by atoms with Gasteiger partial charge in [0.25, 0.3) is 0 Å². The Morgan fingerprint density at radius 2 is 2.05 bits per heavy atom. The van der Waals surface area contributed by atoms with Crippen molar-refractivity contribution in [3.05, 3.63) is 65.2 Å². The molecule has 0 aliphatic carbocycles. The standard InChI is InChI=1S/C16H15N3O2/c20-15-5-8-17-11-13(15)18-16(21)7-10-19-9-6-12-3-1-2-4-14(12)19/h1-6,8-9,11H,7,10H2,(H,17,20)(H,18,21). The van der Waals surface area contributed by atoms with Crippen molar-refractivity contribution in [2.24, 2.45) is 0 Å². The highest BCUT2D eigenvalue weighted by molar-refractivity contribution is 5.90. The van der Waals surface area contributed by atoms with Crippen molar-refractivity contribution >= 4 is 22.5 Å². The number of aryl methyl sites for hydroxylation is 1. The molecule has 3 rings (SSSR count). The number of benzene rings is 1. The molecule has 3 aromatic rings. The normalized spacial score (nSPS) is 10.7. The number of aromatic nitrogens is 2. The summed E-state index contributed by atoms with van der Waals surface area (Å²) in [6.07, 6.45) is 5.30. The van der Waals surface area contributed by atoms with Crippen LogP contribution in [0, 0.1) is 0 Å². The number of aromatic amines is 1. The average molecular weight is 281 g/mol. The molecule has 0 bridgehead atoms. The Kier molecular flexibility index (Phi) is 3.55. The predicted molar refractivity (Wildman–Crippen MR) is 82.2 cm³/mol. The molecular formula is C16H15N3O2. The summed E-state index contributed by atoms with van der Waals surface area (Å²) in [5.41, 5.74) is 1.18. The zero-order valence-corrected chi connectivity index (χ0v) is 11.4. The number of carbonyl (C=O) groups excluding carboxylic acids is 1. The Morgan fingerprint density at radius 1 is 1.19 bits per heavy atom. The smallest absolute Gasteiger partial charge is 0.226 e. The number of hydrogen-bond acceptors (Lipinski definition) is 2. The minimum atomic E-state index is -0.200. The topological polar surface area (TPSA) is 66.9 Å². The van der Waals surface area contributed by atoms with Crippen molar-refractivity contribution < 1.29 is 4.79 Å². The number of anilines is 1. The maximum atomic E-state index is 11.9. The second kappa shape index (κ2) is 5.66. The third kappa shape index (κ3) is 2.86. The fourth-order valence-corrected chi connectivity index (χ4v) is 2.28. The van der Waals surface area contributed by atoms with Crippen molar-refractivity contribution in [2.45, 2.75) is 13.0 Å². The average Bonchev–Trinajstić information content (AvgIpc) is 2.91. The second-order valence-corrected chi connectivity index (χ2v) is 4.79. The molecule has 0 aliphatic heterocycles. The van der Waals surface area contributed by atoms with Crippen molar-refractivity contribution in [2.75, 3.05) is 5.32 Å². The van der Waals surface area contributed by atoms with Crippen LogP contribution in [0.15, 0.2) is 59.8 Å². The van der Waals surface area contributed by atoms with Crippen LogP contribution in [0.5, 0.6) is 0 Å². The number of rotatable bonds is 4. The molecule has 1 amide bonds. The van der Waals surface area contributed by atoms with Crippen LogP contribution in [-0.4, -0.2) is 15.5 Å². The molecule has 0 atom stereocenters. The van der Waals surface area contributed by atoms with E-state index in [0.717, 1.165) is 10.9 Å². The molecule has 0 spiro atoms. The summed E-state index contributed by atoms with van der Waals surface area (Å²) in [6.45, 7) is 0.573. The van der Waals surface area contributed by atoms with Gasteiger partial charge in [-0.2, -0.15) is 0 Å². The molecule has 0 saturated heterocycles. The Labute approximate surface area is 121 Å². The lowest BCUT2D eigenvalue weighted by atomic mass is 10.2. The summed E-state index contributed by atoms with van der Waals surface area (Å²) < 4.78 is 2.03. The van der Waals surface area contributed by atoms with Gasteiger partial charge in [-0.05, 0) is 17.5 Å². The molecule has 5 nitrogen and oxygen atoms in total. The van der Waals surface area contributed by atoms with Gasteiger partial charge in [0.05, 0.1) is 0 Å². The van der Waals surface area contributed by atoms with Gasteiger partial charge in [-0.3, -0.25) is 9.59 Å². The summed E-state index contributed by atoms with van der Waals surface area (Å²) in [6, 6.07) is 11.4. The molecule has 1 aromatic carbocycles. The lowest BCUT2D eigenvalue weighted by molar-refractivity contribution is -0.116. The van der Waals surface area contributed by atoms with E-state index in [9.17, 15) is 9.59 Å². The van der Waals surface area contributed by atoms with Gasteiger partial charge in [-0.1, -0.05) is 18.2 Å². The predicted octanol–water partition coefficient (Wildman–Crippen LogP) is 2.36. The summed E-state index contributed by atoms with van der Waals surface area (Å²) in [7, 11) is 0. The third-order valence-electron chi connectivity index (χ3n) is 3.36. The van der Waals surface area contributed by atoms with Crippen LogP contribution in [-0.2, 0) is 11.3 Å². The summed E-state index contributed by atoms with van der Waals surface area (Å²) in [5, 5.41) is 3.78. The van der Waals surface area contributed by atoms with Gasteiger partial charge in [0.2, 0.25) is 11.3 Å². The number of nitrogens with one attached hydrogen (secondary N) is 2. The summed E-state index contributed by atoms with van der Waals surface area (Å²) in [4.78, 5) is 26.2. The third-order valence-corrected chi connectivity index (χ3v) is 3.36. The van der Waals surface area contributed by atoms with Gasteiger partial charge in [0, 0.05) is 43.1 Å². The molecule has 0 unspecified atom stereocenters. The maximum absolute atomic E-state index is 11.9. The molecule has 0 radical (unpaired) electrons. The first-order chi connectivity index (χ1) is 10.2. The molecular weight excluding hydrogens is 266 g/mol.